The van der Waals surface area contributed by atoms with E-state index in [-0.39, 0.29) is 27.4 Å². The molecule has 0 bridgehead atoms. The summed E-state index contributed by atoms with van der Waals surface area (Å²) in [5.41, 5.74) is 1.28. The lowest BCUT2D eigenvalue weighted by Gasteiger charge is -2.12. The number of aromatic nitrogens is 3. The molecule has 0 atom stereocenters. The molecule has 0 aliphatic carbocycles. The van der Waals surface area contributed by atoms with Crippen LogP contribution in [-0.4, -0.2) is 40.4 Å². The van der Waals surface area contributed by atoms with Crippen LogP contribution in [0.4, 0.5) is 17.6 Å². The Morgan fingerprint density at radius 3 is 2.69 bits per heavy atom. The van der Waals surface area contributed by atoms with Crippen molar-refractivity contribution in [1.29, 1.82) is 0 Å². The van der Waals surface area contributed by atoms with Crippen molar-refractivity contribution in [2.75, 3.05) is 15.8 Å². The molecule has 1 aromatic heterocycles. The minimum absolute atomic E-state index is 0.104. The summed E-state index contributed by atoms with van der Waals surface area (Å²) in [6.07, 6.45) is 0. The molecule has 0 unspecified atom stereocenters. The van der Waals surface area contributed by atoms with E-state index in [1.165, 1.54) is 12.1 Å². The third-order valence-electron chi connectivity index (χ3n) is 3.61. The lowest BCUT2D eigenvalue weighted by atomic mass is 10.2. The average molecular weight is 454 g/mol. The van der Waals surface area contributed by atoms with Crippen LogP contribution in [0.3, 0.4) is 0 Å². The molecular weight excluding hydrogens is 438 g/mol. The van der Waals surface area contributed by atoms with E-state index in [1.54, 1.807) is 6.92 Å². The number of aliphatic carboxylic acids is 1. The van der Waals surface area contributed by atoms with Gasteiger partial charge in [0, 0.05) is 15.6 Å². The highest BCUT2D eigenvalue weighted by atomic mass is 35.5. The van der Waals surface area contributed by atoms with Gasteiger partial charge in [-0.2, -0.15) is 4.98 Å². The van der Waals surface area contributed by atoms with Crippen molar-refractivity contribution in [1.82, 2.24) is 15.2 Å². The summed E-state index contributed by atoms with van der Waals surface area (Å²) in [5, 5.41) is 18.6. The van der Waals surface area contributed by atoms with Gasteiger partial charge in [0.2, 0.25) is 5.95 Å². The molecule has 9 nitrogen and oxygen atoms in total. The molecule has 2 aromatic carbocycles. The van der Waals surface area contributed by atoms with Crippen LogP contribution in [0.2, 0.25) is 5.02 Å². The van der Waals surface area contributed by atoms with Gasteiger partial charge < -0.3 is 10.4 Å². The Balaban J connectivity index is 1.84. The van der Waals surface area contributed by atoms with E-state index in [1.807, 2.05) is 30.3 Å². The van der Waals surface area contributed by atoms with Gasteiger partial charge in [-0.05, 0) is 36.8 Å². The standard InChI is InChI=1S/C17H16ClN5O4S2/c1-10-7-14(13(8-12(10)18)28-9-15(24)25)29(26,27)23-17-20-16(21-22-17)19-11-5-3-2-4-6-11/h2-8H,9H2,1H3,(H,24,25)(H3,19,20,21,22,23). The normalized spacial score (nSPS) is 11.2. The monoisotopic (exact) mass is 453 g/mol. The smallest absolute Gasteiger partial charge is 0.313 e. The van der Waals surface area contributed by atoms with Crippen LogP contribution in [0.1, 0.15) is 5.56 Å². The molecule has 0 aliphatic heterocycles. The Bertz CT molecular complexity index is 1140. The molecule has 29 heavy (non-hydrogen) atoms. The number of hydrogen-bond acceptors (Lipinski definition) is 7. The summed E-state index contributed by atoms with van der Waals surface area (Å²) >= 11 is 6.94. The number of rotatable bonds is 8. The molecule has 3 rings (SSSR count). The van der Waals surface area contributed by atoms with E-state index >= 15 is 0 Å². The Kier molecular flexibility index (Phi) is 6.30. The molecule has 0 spiro atoms. The second-order valence-electron chi connectivity index (χ2n) is 5.83. The van der Waals surface area contributed by atoms with Crippen molar-refractivity contribution in [3.8, 4) is 0 Å². The molecule has 12 heteroatoms. The lowest BCUT2D eigenvalue weighted by molar-refractivity contribution is -0.133. The largest absolute Gasteiger partial charge is 0.481 e. The summed E-state index contributed by atoms with van der Waals surface area (Å²) in [7, 11) is -4.09. The first-order valence-corrected chi connectivity index (χ1v) is 11.0. The van der Waals surface area contributed by atoms with Crippen LogP contribution in [0.5, 0.6) is 0 Å². The van der Waals surface area contributed by atoms with Crippen LogP contribution in [0, 0.1) is 6.92 Å². The number of aromatic amines is 1. The maximum Gasteiger partial charge on any atom is 0.313 e. The van der Waals surface area contributed by atoms with E-state index < -0.39 is 16.0 Å². The van der Waals surface area contributed by atoms with E-state index in [2.05, 4.69) is 25.2 Å². The van der Waals surface area contributed by atoms with Gasteiger partial charge in [-0.1, -0.05) is 29.8 Å². The number of carboxylic acid groups (broad SMARTS) is 1. The van der Waals surface area contributed by atoms with Crippen molar-refractivity contribution in [3.63, 3.8) is 0 Å². The van der Waals surface area contributed by atoms with Crippen molar-refractivity contribution in [2.24, 2.45) is 0 Å². The maximum absolute atomic E-state index is 12.9. The molecule has 0 saturated carbocycles. The fourth-order valence-corrected chi connectivity index (χ4v) is 4.81. The van der Waals surface area contributed by atoms with Gasteiger partial charge in [-0.15, -0.1) is 16.9 Å². The van der Waals surface area contributed by atoms with Crippen molar-refractivity contribution in [2.45, 2.75) is 16.7 Å². The van der Waals surface area contributed by atoms with E-state index in [0.717, 1.165) is 17.4 Å². The fourth-order valence-electron chi connectivity index (χ4n) is 2.30. The Hall–Kier alpha value is -2.76. The Morgan fingerprint density at radius 2 is 2.00 bits per heavy atom. The van der Waals surface area contributed by atoms with Gasteiger partial charge in [-0.25, -0.2) is 18.2 Å². The fraction of sp³-hybridized carbons (Fsp3) is 0.118. The zero-order valence-electron chi connectivity index (χ0n) is 15.0. The first kappa shape index (κ1) is 21.0. The van der Waals surface area contributed by atoms with Crippen LogP contribution >= 0.6 is 23.4 Å². The summed E-state index contributed by atoms with van der Waals surface area (Å²) in [6, 6.07) is 12.0. The zero-order chi connectivity index (χ0) is 21.0. The first-order valence-electron chi connectivity index (χ1n) is 8.16. The van der Waals surface area contributed by atoms with Gasteiger partial charge in [0.05, 0.1) is 5.75 Å². The van der Waals surface area contributed by atoms with Crippen LogP contribution in [0.15, 0.2) is 52.3 Å². The van der Waals surface area contributed by atoms with Crippen molar-refractivity contribution >= 4 is 56.9 Å². The predicted octanol–water partition coefficient (Wildman–Crippen LogP) is 3.49. The summed E-state index contributed by atoms with van der Waals surface area (Å²) in [4.78, 5) is 15.1. The maximum atomic E-state index is 12.9. The highest BCUT2D eigenvalue weighted by molar-refractivity contribution is 8.01. The third-order valence-corrected chi connectivity index (χ3v) is 6.56. The number of benzene rings is 2. The number of carboxylic acids is 1. The van der Waals surface area contributed by atoms with Crippen LogP contribution < -0.4 is 10.0 Å². The molecule has 0 fully saturated rings. The minimum Gasteiger partial charge on any atom is -0.481 e. The zero-order valence-corrected chi connectivity index (χ0v) is 17.4. The van der Waals surface area contributed by atoms with E-state index in [4.69, 9.17) is 16.7 Å². The number of nitrogens with one attached hydrogen (secondary N) is 3. The molecule has 0 saturated heterocycles. The molecular formula is C17H16ClN5O4S2. The van der Waals surface area contributed by atoms with Gasteiger partial charge in [0.25, 0.3) is 16.0 Å². The molecule has 1 heterocycles. The number of para-hydroxylation sites is 1. The first-order chi connectivity index (χ1) is 13.7. The average Bonchev–Trinajstić information content (AvgIpc) is 3.09. The number of anilines is 3. The number of hydrogen-bond donors (Lipinski definition) is 4. The van der Waals surface area contributed by atoms with Crippen molar-refractivity contribution in [3.05, 3.63) is 53.1 Å². The molecule has 0 aliphatic rings. The lowest BCUT2D eigenvalue weighted by Crippen LogP contribution is -2.15. The predicted molar refractivity (Wildman–Crippen MR) is 111 cm³/mol. The second-order valence-corrected chi connectivity index (χ2v) is 8.91. The minimum atomic E-state index is -4.09. The quantitative estimate of drug-likeness (QED) is 0.380. The van der Waals surface area contributed by atoms with Gasteiger partial charge in [0.1, 0.15) is 4.90 Å². The molecule has 4 N–H and O–H groups in total. The molecule has 0 radical (unpaired) electrons. The van der Waals surface area contributed by atoms with Gasteiger partial charge in [-0.3, -0.25) is 4.79 Å². The Labute approximate surface area is 175 Å². The number of H-pyrrole nitrogens is 1. The summed E-state index contributed by atoms with van der Waals surface area (Å²) in [5.74, 6) is -1.30. The second kappa shape index (κ2) is 8.72. The van der Waals surface area contributed by atoms with Gasteiger partial charge >= 0.3 is 5.97 Å². The molecule has 0 amide bonds. The number of aryl methyl sites for hydroxylation is 1. The number of sulfonamides is 1. The number of nitrogens with zero attached hydrogens (tertiary/aromatic N) is 2. The third kappa shape index (κ3) is 5.40. The van der Waals surface area contributed by atoms with E-state index in [0.29, 0.717) is 10.6 Å². The topological polar surface area (TPSA) is 137 Å². The van der Waals surface area contributed by atoms with Gasteiger partial charge in [0.15, 0.2) is 0 Å². The highest BCUT2D eigenvalue weighted by Gasteiger charge is 2.23. The number of carbonyl (C=O) groups is 1. The number of halogens is 1. The Morgan fingerprint density at radius 1 is 1.28 bits per heavy atom. The van der Waals surface area contributed by atoms with Crippen LogP contribution in [-0.2, 0) is 14.8 Å². The molecule has 3 aromatic rings. The van der Waals surface area contributed by atoms with Crippen molar-refractivity contribution < 1.29 is 18.3 Å². The van der Waals surface area contributed by atoms with Crippen LogP contribution in [0.25, 0.3) is 0 Å². The summed E-state index contributed by atoms with van der Waals surface area (Å²) < 4.78 is 28.0. The molecule has 152 valence electrons. The SMILES string of the molecule is Cc1cc(S(=O)(=O)Nc2n[nH]c(Nc3ccccc3)n2)c(SCC(=O)O)cc1Cl. The number of thioether (sulfide) groups is 1. The highest BCUT2D eigenvalue weighted by Crippen LogP contribution is 2.32. The summed E-state index contributed by atoms with van der Waals surface area (Å²) in [6.45, 7) is 1.65. The van der Waals surface area contributed by atoms with E-state index in [9.17, 15) is 13.2 Å².